The highest BCUT2D eigenvalue weighted by atomic mass is 32.2. The first kappa shape index (κ1) is 29.4. The van der Waals surface area contributed by atoms with Crippen molar-refractivity contribution in [2.45, 2.75) is 9.79 Å². The number of fused-ring (bicyclic) bond motifs is 16. The summed E-state index contributed by atoms with van der Waals surface area (Å²) in [5.41, 5.74) is 15.4. The Kier molecular flexibility index (Phi) is 5.85. The zero-order valence-corrected chi connectivity index (χ0v) is 30.4. The molecule has 0 saturated heterocycles. The Labute approximate surface area is 318 Å². The highest BCUT2D eigenvalue weighted by Gasteiger charge is 2.37. The lowest BCUT2D eigenvalue weighted by Gasteiger charge is -2.32. The van der Waals surface area contributed by atoms with Crippen LogP contribution in [0.25, 0.3) is 99.2 Å². The van der Waals surface area contributed by atoms with Crippen molar-refractivity contribution < 1.29 is 4.42 Å². The molecule has 0 amide bonds. The van der Waals surface area contributed by atoms with Gasteiger partial charge in [0.05, 0.1) is 22.1 Å². The number of rotatable bonds is 2. The van der Waals surface area contributed by atoms with Gasteiger partial charge in [-0.05, 0) is 82.3 Å². The van der Waals surface area contributed by atoms with E-state index in [1.165, 1.54) is 70.1 Å². The summed E-state index contributed by atoms with van der Waals surface area (Å²) in [5, 5.41) is 7.43. The fraction of sp³-hybridized carbons (Fsp3) is 0. The maximum atomic E-state index is 7.10. The molecule has 250 valence electrons. The third-order valence-corrected chi connectivity index (χ3v) is 14.2. The van der Waals surface area contributed by atoms with E-state index >= 15 is 0 Å². The van der Waals surface area contributed by atoms with E-state index in [1.54, 1.807) is 0 Å². The molecule has 0 bridgehead atoms. The van der Waals surface area contributed by atoms with Crippen LogP contribution in [0, 0.1) is 0 Å². The highest BCUT2D eigenvalue weighted by Crippen LogP contribution is 2.52. The number of hydrogen-bond acceptors (Lipinski definition) is 3. The van der Waals surface area contributed by atoms with Gasteiger partial charge >= 0.3 is 5.27 Å². The predicted octanol–water partition coefficient (Wildman–Crippen LogP) is 13.0. The summed E-state index contributed by atoms with van der Waals surface area (Å²) < 4.78 is 12.1. The fourth-order valence-corrected chi connectivity index (χ4v) is 12.4. The molecule has 8 aromatic carbocycles. The third-order valence-electron chi connectivity index (χ3n) is 11.5. The van der Waals surface area contributed by atoms with Crippen LogP contribution in [-0.4, -0.2) is 14.4 Å². The molecule has 0 fully saturated rings. The van der Waals surface area contributed by atoms with Gasteiger partial charge in [0, 0.05) is 53.5 Å². The molecule has 2 aliphatic heterocycles. The van der Waals surface area contributed by atoms with E-state index in [2.05, 4.69) is 173 Å². The Balaban J connectivity index is 1.28. The van der Waals surface area contributed by atoms with E-state index in [0.29, 0.717) is 0 Å². The minimum atomic E-state index is 0.287. The number of benzene rings is 8. The SMILES string of the molecule is c1ccc(-n2c3ccccc3c3c4c5ccccc5oc4c4c(c5ccccc5n4-c4cc5c6c(c4)-c4ccccc4SB6Sc4ccccc4-5)c32)cc1. The number of aromatic nitrogens is 2. The van der Waals surface area contributed by atoms with Gasteiger partial charge in [0.15, 0.2) is 5.58 Å². The molecular weight excluding hydrogens is 695 g/mol. The Hall–Kier alpha value is -6.08. The van der Waals surface area contributed by atoms with Crippen LogP contribution in [0.4, 0.5) is 0 Å². The summed E-state index contributed by atoms with van der Waals surface area (Å²) in [7, 11) is 0. The van der Waals surface area contributed by atoms with Gasteiger partial charge in [0.1, 0.15) is 5.58 Å². The maximum absolute atomic E-state index is 7.10. The smallest absolute Gasteiger partial charge is 0.318 e. The van der Waals surface area contributed by atoms with Crippen molar-refractivity contribution in [3.63, 3.8) is 0 Å². The van der Waals surface area contributed by atoms with Crippen LogP contribution in [0.1, 0.15) is 0 Å². The van der Waals surface area contributed by atoms with Crippen molar-refractivity contribution in [1.29, 1.82) is 0 Å². The van der Waals surface area contributed by atoms with E-state index in [9.17, 15) is 0 Å². The molecule has 0 spiro atoms. The molecule has 11 aromatic rings. The molecule has 54 heavy (non-hydrogen) atoms. The van der Waals surface area contributed by atoms with Gasteiger partial charge in [-0.1, -0.05) is 109 Å². The van der Waals surface area contributed by atoms with Crippen molar-refractivity contribution in [1.82, 2.24) is 9.13 Å². The van der Waals surface area contributed by atoms with Gasteiger partial charge in [-0.3, -0.25) is 0 Å². The quantitative estimate of drug-likeness (QED) is 0.166. The molecule has 0 N–H and O–H groups in total. The average Bonchev–Trinajstić information content (AvgIpc) is 3.89. The monoisotopic (exact) mass is 722 g/mol. The molecule has 0 unspecified atom stereocenters. The summed E-state index contributed by atoms with van der Waals surface area (Å²) in [5.74, 6) is 0. The van der Waals surface area contributed by atoms with Gasteiger partial charge in [-0.2, -0.15) is 23.2 Å². The molecule has 0 saturated carbocycles. The summed E-state index contributed by atoms with van der Waals surface area (Å²) in [4.78, 5) is 2.67. The third kappa shape index (κ3) is 3.76. The predicted molar refractivity (Wildman–Crippen MR) is 230 cm³/mol. The first-order valence-corrected chi connectivity index (χ1v) is 20.1. The molecule has 3 nitrogen and oxygen atoms in total. The maximum Gasteiger partial charge on any atom is 0.318 e. The van der Waals surface area contributed by atoms with Gasteiger partial charge in [0.25, 0.3) is 0 Å². The molecule has 3 aromatic heterocycles. The summed E-state index contributed by atoms with van der Waals surface area (Å²) in [6.45, 7) is 0. The molecule has 0 aliphatic carbocycles. The van der Waals surface area contributed by atoms with E-state index in [4.69, 9.17) is 4.42 Å². The Morgan fingerprint density at radius 3 is 1.65 bits per heavy atom. The van der Waals surface area contributed by atoms with Gasteiger partial charge < -0.3 is 13.6 Å². The summed E-state index contributed by atoms with van der Waals surface area (Å²) in [6.07, 6.45) is 0. The van der Waals surface area contributed by atoms with Gasteiger partial charge in [-0.25, -0.2) is 0 Å². The van der Waals surface area contributed by atoms with Crippen LogP contribution in [-0.2, 0) is 0 Å². The largest absolute Gasteiger partial charge is 0.454 e. The van der Waals surface area contributed by atoms with Crippen LogP contribution >= 0.6 is 23.2 Å². The summed E-state index contributed by atoms with van der Waals surface area (Å²) >= 11 is 3.97. The Bertz CT molecular complexity index is 3340. The minimum Gasteiger partial charge on any atom is -0.454 e. The lowest BCUT2D eigenvalue weighted by molar-refractivity contribution is 0.671. The minimum absolute atomic E-state index is 0.287. The average molecular weight is 723 g/mol. The highest BCUT2D eigenvalue weighted by molar-refractivity contribution is 8.56. The fourth-order valence-electron chi connectivity index (χ4n) is 9.42. The Morgan fingerprint density at radius 2 is 0.963 bits per heavy atom. The first-order valence-electron chi connectivity index (χ1n) is 18.4. The van der Waals surface area contributed by atoms with Gasteiger partial charge in [0.2, 0.25) is 0 Å². The first-order chi connectivity index (χ1) is 26.8. The molecule has 2 aliphatic rings. The standard InChI is InChI=1S/C48H27BN2OS2/c1-2-14-28(15-3-1)50-37-21-9-4-18-32(37)42-43-34-20-6-11-23-39(34)52-48(43)47-44(46(42)50)33-19-5-10-22-38(33)51(47)29-26-35-30-16-7-12-24-40(30)53-49-45(35)36(27-29)31-17-8-13-25-41(31)54-49/h1-27H. The van der Waals surface area contributed by atoms with E-state index in [0.717, 1.165) is 44.3 Å². The van der Waals surface area contributed by atoms with Crippen LogP contribution < -0.4 is 5.46 Å². The second kappa shape index (κ2) is 10.8. The van der Waals surface area contributed by atoms with Crippen molar-refractivity contribution in [3.8, 4) is 33.6 Å². The number of para-hydroxylation sites is 4. The van der Waals surface area contributed by atoms with Crippen LogP contribution in [0.15, 0.2) is 178 Å². The van der Waals surface area contributed by atoms with Crippen molar-refractivity contribution in [2.75, 3.05) is 0 Å². The second-order valence-electron chi connectivity index (χ2n) is 14.3. The molecule has 0 atom stereocenters. The Morgan fingerprint density at radius 1 is 0.426 bits per heavy atom. The molecule has 13 rings (SSSR count). The molecule has 5 heterocycles. The van der Waals surface area contributed by atoms with Crippen LogP contribution in [0.2, 0.25) is 0 Å². The molecular formula is C48H27BN2OS2. The van der Waals surface area contributed by atoms with Crippen molar-refractivity contribution in [2.24, 2.45) is 0 Å². The van der Waals surface area contributed by atoms with E-state index < -0.39 is 0 Å². The number of furan rings is 1. The number of nitrogens with zero attached hydrogens (tertiary/aromatic N) is 2. The van der Waals surface area contributed by atoms with Crippen molar-refractivity contribution >= 4 is 99.5 Å². The van der Waals surface area contributed by atoms with E-state index in [1.807, 2.05) is 23.2 Å². The molecule has 6 heteroatoms. The lowest BCUT2D eigenvalue weighted by atomic mass is 9.77. The zero-order chi connectivity index (χ0) is 35.1. The van der Waals surface area contributed by atoms with Crippen molar-refractivity contribution in [3.05, 3.63) is 164 Å². The van der Waals surface area contributed by atoms with Crippen LogP contribution in [0.5, 0.6) is 0 Å². The van der Waals surface area contributed by atoms with Gasteiger partial charge in [-0.15, -0.1) is 0 Å². The zero-order valence-electron chi connectivity index (χ0n) is 28.8. The lowest BCUT2D eigenvalue weighted by Crippen LogP contribution is -2.33. The molecule has 0 radical (unpaired) electrons. The summed E-state index contributed by atoms with van der Waals surface area (Å²) in [6, 6.07) is 60.0. The number of hydrogen-bond donors (Lipinski definition) is 0. The topological polar surface area (TPSA) is 23.0 Å². The van der Waals surface area contributed by atoms with Crippen LogP contribution in [0.3, 0.4) is 0 Å². The second-order valence-corrected chi connectivity index (χ2v) is 16.9. The van der Waals surface area contributed by atoms with E-state index in [-0.39, 0.29) is 5.27 Å². The normalized spacial score (nSPS) is 13.4.